The summed E-state index contributed by atoms with van der Waals surface area (Å²) in [4.78, 5) is 11.4. The van der Waals surface area contributed by atoms with Crippen molar-refractivity contribution < 1.29 is 17.6 Å². The maximum Gasteiger partial charge on any atom is 0.264 e. The zero-order chi connectivity index (χ0) is 15.3. The van der Waals surface area contributed by atoms with Crippen molar-refractivity contribution in [2.45, 2.75) is 4.90 Å². The Balaban J connectivity index is 2.08. The molecule has 1 amide bonds. The fourth-order valence-electron chi connectivity index (χ4n) is 1.58. The lowest BCUT2D eigenvalue weighted by Gasteiger charge is -2.04. The molecule has 0 heterocycles. The number of benzene rings is 2. The highest BCUT2D eigenvalue weighted by Crippen LogP contribution is 2.09. The minimum absolute atomic E-state index is 0.176. The Bertz CT molecular complexity index is 753. The lowest BCUT2D eigenvalue weighted by Crippen LogP contribution is -2.28. The Morgan fingerprint density at radius 3 is 2.24 bits per heavy atom. The number of hydrogen-bond acceptors (Lipinski definition) is 3. The Morgan fingerprint density at radius 2 is 1.62 bits per heavy atom. The molecule has 6 heteroatoms. The zero-order valence-electron chi connectivity index (χ0n) is 10.9. The third-order valence-corrected chi connectivity index (χ3v) is 3.95. The Kier molecular flexibility index (Phi) is 4.49. The normalized spacial score (nSPS) is 11.5. The quantitative estimate of drug-likeness (QED) is 0.882. The van der Waals surface area contributed by atoms with Gasteiger partial charge < -0.3 is 0 Å². The first-order valence-electron chi connectivity index (χ1n) is 6.03. The highest BCUT2D eigenvalue weighted by molar-refractivity contribution is 7.90. The molecule has 2 rings (SSSR count). The molecular formula is C15H12FNO3S. The van der Waals surface area contributed by atoms with Crippen LogP contribution in [0.2, 0.25) is 0 Å². The number of hydrogen-bond donors (Lipinski definition) is 1. The topological polar surface area (TPSA) is 63.2 Å². The minimum atomic E-state index is -4.00. The van der Waals surface area contributed by atoms with Crippen molar-refractivity contribution in [3.63, 3.8) is 0 Å². The van der Waals surface area contributed by atoms with E-state index < -0.39 is 21.7 Å². The number of nitrogens with one attached hydrogen (secondary N) is 1. The molecule has 2 aromatic carbocycles. The van der Waals surface area contributed by atoms with Gasteiger partial charge >= 0.3 is 0 Å². The molecular weight excluding hydrogens is 293 g/mol. The van der Waals surface area contributed by atoms with Crippen LogP contribution >= 0.6 is 0 Å². The number of halogens is 1. The smallest absolute Gasteiger partial charge is 0.264 e. The van der Waals surface area contributed by atoms with Gasteiger partial charge in [0.05, 0.1) is 4.90 Å². The van der Waals surface area contributed by atoms with E-state index >= 15 is 0 Å². The first kappa shape index (κ1) is 14.9. The molecule has 0 aromatic heterocycles. The van der Waals surface area contributed by atoms with E-state index in [2.05, 4.69) is 0 Å². The second-order valence-electron chi connectivity index (χ2n) is 4.17. The summed E-state index contributed by atoms with van der Waals surface area (Å²) in [5, 5.41) is 0. The van der Waals surface area contributed by atoms with Crippen molar-refractivity contribution in [1.82, 2.24) is 4.72 Å². The lowest BCUT2D eigenvalue weighted by atomic mass is 10.2. The first-order valence-corrected chi connectivity index (χ1v) is 7.51. The SMILES string of the molecule is O=C(/C=C/c1ccccc1)NS(=O)(=O)c1ccc(F)cc1. The Hall–Kier alpha value is -2.47. The summed E-state index contributed by atoms with van der Waals surface area (Å²) >= 11 is 0. The number of rotatable bonds is 4. The van der Waals surface area contributed by atoms with Crippen LogP contribution in [-0.2, 0) is 14.8 Å². The third kappa shape index (κ3) is 4.25. The van der Waals surface area contributed by atoms with E-state index in [1.807, 2.05) is 10.8 Å². The number of amides is 1. The largest absolute Gasteiger partial charge is 0.269 e. The van der Waals surface area contributed by atoms with E-state index in [4.69, 9.17) is 0 Å². The second kappa shape index (κ2) is 6.32. The van der Waals surface area contributed by atoms with Crippen LogP contribution < -0.4 is 4.72 Å². The fraction of sp³-hybridized carbons (Fsp3) is 0. The molecule has 2 aromatic rings. The van der Waals surface area contributed by atoms with E-state index in [1.165, 1.54) is 6.08 Å². The average Bonchev–Trinajstić information content (AvgIpc) is 2.46. The van der Waals surface area contributed by atoms with Crippen molar-refractivity contribution in [3.05, 3.63) is 72.1 Å². The summed E-state index contributed by atoms with van der Waals surface area (Å²) in [6, 6.07) is 13.2. The van der Waals surface area contributed by atoms with Gasteiger partial charge in [0.1, 0.15) is 5.82 Å². The van der Waals surface area contributed by atoms with Crippen LogP contribution in [0.25, 0.3) is 6.08 Å². The molecule has 0 saturated carbocycles. The molecule has 0 atom stereocenters. The van der Waals surface area contributed by atoms with Gasteiger partial charge in [-0.3, -0.25) is 4.79 Å². The molecule has 0 saturated heterocycles. The highest BCUT2D eigenvalue weighted by atomic mass is 32.2. The van der Waals surface area contributed by atoms with Gasteiger partial charge in [-0.2, -0.15) is 0 Å². The lowest BCUT2D eigenvalue weighted by molar-refractivity contribution is -0.114. The van der Waals surface area contributed by atoms with Crippen molar-refractivity contribution in [1.29, 1.82) is 0 Å². The third-order valence-electron chi connectivity index (χ3n) is 2.59. The van der Waals surface area contributed by atoms with Crippen LogP contribution in [0.1, 0.15) is 5.56 Å². The van der Waals surface area contributed by atoms with Crippen molar-refractivity contribution >= 4 is 22.0 Å². The molecule has 0 fully saturated rings. The molecule has 0 aliphatic rings. The van der Waals surface area contributed by atoms with Crippen molar-refractivity contribution in [2.75, 3.05) is 0 Å². The summed E-state index contributed by atoms with van der Waals surface area (Å²) in [6.45, 7) is 0. The summed E-state index contributed by atoms with van der Waals surface area (Å²) in [6.07, 6.45) is 2.62. The van der Waals surface area contributed by atoms with E-state index in [-0.39, 0.29) is 4.90 Å². The van der Waals surface area contributed by atoms with Gasteiger partial charge in [-0.1, -0.05) is 30.3 Å². The molecule has 108 valence electrons. The summed E-state index contributed by atoms with van der Waals surface area (Å²) < 4.78 is 38.4. The predicted octanol–water partition coefficient (Wildman–Crippen LogP) is 2.34. The molecule has 0 aliphatic carbocycles. The van der Waals surface area contributed by atoms with Crippen LogP contribution in [0, 0.1) is 5.82 Å². The maximum absolute atomic E-state index is 12.8. The molecule has 0 bridgehead atoms. The van der Waals surface area contributed by atoms with Crippen molar-refractivity contribution in [2.24, 2.45) is 0 Å². The van der Waals surface area contributed by atoms with Crippen LogP contribution in [0.3, 0.4) is 0 Å². The Morgan fingerprint density at radius 1 is 1.00 bits per heavy atom. The van der Waals surface area contributed by atoms with Crippen LogP contribution in [-0.4, -0.2) is 14.3 Å². The molecule has 21 heavy (non-hydrogen) atoms. The van der Waals surface area contributed by atoms with E-state index in [1.54, 1.807) is 24.3 Å². The Labute approximate surface area is 122 Å². The van der Waals surface area contributed by atoms with Gasteiger partial charge in [0.2, 0.25) is 0 Å². The van der Waals surface area contributed by atoms with E-state index in [0.717, 1.165) is 35.9 Å². The van der Waals surface area contributed by atoms with E-state index in [0.29, 0.717) is 0 Å². The second-order valence-corrected chi connectivity index (χ2v) is 5.85. The van der Waals surface area contributed by atoms with Gasteiger partial charge in [0.15, 0.2) is 0 Å². The number of carbonyl (C=O) groups is 1. The van der Waals surface area contributed by atoms with Gasteiger partial charge in [-0.25, -0.2) is 17.5 Å². The molecule has 1 N–H and O–H groups in total. The molecule has 0 aliphatic heterocycles. The van der Waals surface area contributed by atoms with Crippen LogP contribution in [0.4, 0.5) is 4.39 Å². The van der Waals surface area contributed by atoms with E-state index in [9.17, 15) is 17.6 Å². The molecule has 0 spiro atoms. The summed E-state index contributed by atoms with van der Waals surface area (Å²) in [5.41, 5.74) is 0.770. The standard InChI is InChI=1S/C15H12FNO3S/c16-13-7-9-14(10-8-13)21(19,20)17-15(18)11-6-12-4-2-1-3-5-12/h1-11H,(H,17,18)/b11-6+. The monoisotopic (exact) mass is 305 g/mol. The zero-order valence-corrected chi connectivity index (χ0v) is 11.7. The molecule has 4 nitrogen and oxygen atoms in total. The number of sulfonamides is 1. The number of carbonyl (C=O) groups excluding carboxylic acids is 1. The molecule has 0 radical (unpaired) electrons. The van der Waals surface area contributed by atoms with Crippen LogP contribution in [0.5, 0.6) is 0 Å². The van der Waals surface area contributed by atoms with Crippen molar-refractivity contribution in [3.8, 4) is 0 Å². The van der Waals surface area contributed by atoms with Gasteiger partial charge in [0.25, 0.3) is 15.9 Å². The fourth-order valence-corrected chi connectivity index (χ4v) is 2.52. The maximum atomic E-state index is 12.8. The van der Waals surface area contributed by atoms with Crippen LogP contribution in [0.15, 0.2) is 65.6 Å². The summed E-state index contributed by atoms with van der Waals surface area (Å²) in [5.74, 6) is -1.33. The van der Waals surface area contributed by atoms with Gasteiger partial charge in [-0.05, 0) is 35.9 Å². The van der Waals surface area contributed by atoms with Gasteiger partial charge in [0, 0.05) is 6.08 Å². The average molecular weight is 305 g/mol. The predicted molar refractivity (Wildman–Crippen MR) is 77.2 cm³/mol. The van der Waals surface area contributed by atoms with Gasteiger partial charge in [-0.15, -0.1) is 0 Å². The first-order chi connectivity index (χ1) is 9.97. The highest BCUT2D eigenvalue weighted by Gasteiger charge is 2.15. The minimum Gasteiger partial charge on any atom is -0.269 e. The molecule has 0 unspecified atom stereocenters. The summed E-state index contributed by atoms with van der Waals surface area (Å²) in [7, 11) is -4.00.